The molecule has 2 aliphatic heterocycles. The molecule has 9 nitrogen and oxygen atoms in total. The number of hydrogen-bond acceptors (Lipinski definition) is 7. The predicted molar refractivity (Wildman–Crippen MR) is 115 cm³/mol. The summed E-state index contributed by atoms with van der Waals surface area (Å²) in [6, 6.07) is 7.49. The normalized spacial score (nSPS) is 18.6. The number of ether oxygens (including phenoxy) is 3. The van der Waals surface area contributed by atoms with Crippen molar-refractivity contribution < 1.29 is 19.0 Å². The minimum absolute atomic E-state index is 0.185. The molecular formula is C22H28N4O5. The summed E-state index contributed by atoms with van der Waals surface area (Å²) in [7, 11) is 0. The van der Waals surface area contributed by atoms with Crippen LogP contribution < -0.4 is 19.9 Å². The summed E-state index contributed by atoms with van der Waals surface area (Å²) >= 11 is 0. The third kappa shape index (κ3) is 4.92. The molecule has 0 saturated carbocycles. The molecule has 9 heteroatoms. The zero-order chi connectivity index (χ0) is 22.0. The van der Waals surface area contributed by atoms with Gasteiger partial charge >= 0.3 is 6.09 Å². The number of para-hydroxylation sites is 2. The van der Waals surface area contributed by atoms with E-state index in [0.29, 0.717) is 56.6 Å². The van der Waals surface area contributed by atoms with Crippen LogP contribution in [0.3, 0.4) is 0 Å². The van der Waals surface area contributed by atoms with Crippen molar-refractivity contribution in [2.24, 2.45) is 0 Å². The topological polar surface area (TPSA) is 86.1 Å². The van der Waals surface area contributed by atoms with Crippen molar-refractivity contribution in [2.45, 2.75) is 39.0 Å². The molecule has 1 saturated heterocycles. The largest absolute Gasteiger partial charge is 0.486 e. The second kappa shape index (κ2) is 8.49. The summed E-state index contributed by atoms with van der Waals surface area (Å²) in [5.41, 5.74) is -0.718. The average Bonchev–Trinajstić information content (AvgIpc) is 2.74. The quantitative estimate of drug-likeness (QED) is 0.740. The van der Waals surface area contributed by atoms with E-state index in [-0.39, 0.29) is 17.8 Å². The van der Waals surface area contributed by atoms with Crippen LogP contribution in [-0.2, 0) is 11.3 Å². The van der Waals surface area contributed by atoms with Crippen LogP contribution in [0.5, 0.6) is 11.5 Å². The lowest BCUT2D eigenvalue weighted by Gasteiger charge is -2.36. The molecule has 1 amide bonds. The molecule has 1 aromatic heterocycles. The van der Waals surface area contributed by atoms with Gasteiger partial charge in [-0.2, -0.15) is 0 Å². The van der Waals surface area contributed by atoms with Gasteiger partial charge in [0.05, 0.1) is 6.54 Å². The second-order valence-corrected chi connectivity index (χ2v) is 8.66. The SMILES string of the molecule is CC(C)(C)OC(=O)N1CCN(c2nccn(CC3COc4ccccc4O3)c2=O)CC1. The Bertz CT molecular complexity index is 992. The van der Waals surface area contributed by atoms with Crippen molar-refractivity contribution in [3.8, 4) is 11.5 Å². The number of amides is 1. The molecule has 2 aromatic rings. The number of rotatable bonds is 3. The maximum atomic E-state index is 13.0. The predicted octanol–water partition coefficient (Wildman–Crippen LogP) is 2.14. The van der Waals surface area contributed by atoms with Gasteiger partial charge in [0.1, 0.15) is 12.2 Å². The van der Waals surface area contributed by atoms with Crippen LogP contribution in [0.25, 0.3) is 0 Å². The summed E-state index contributed by atoms with van der Waals surface area (Å²) in [6.07, 6.45) is 2.67. The third-order valence-electron chi connectivity index (χ3n) is 5.09. The lowest BCUT2D eigenvalue weighted by atomic mass is 10.2. The first-order chi connectivity index (χ1) is 14.8. The van der Waals surface area contributed by atoms with E-state index in [1.807, 2.05) is 49.9 Å². The highest BCUT2D eigenvalue weighted by Gasteiger charge is 2.28. The summed E-state index contributed by atoms with van der Waals surface area (Å²) in [4.78, 5) is 33.2. The average molecular weight is 428 g/mol. The Hall–Kier alpha value is -3.23. The standard InChI is InChI=1S/C22H28N4O5/c1-22(2,3)31-21(28)25-12-10-24(11-13-25)19-20(27)26(9-8-23-19)14-16-15-29-17-6-4-5-7-18(17)30-16/h4-9,16H,10-15H2,1-3H3. The van der Waals surface area contributed by atoms with E-state index in [1.54, 1.807) is 21.9 Å². The van der Waals surface area contributed by atoms with Gasteiger partial charge in [0, 0.05) is 38.6 Å². The van der Waals surface area contributed by atoms with E-state index in [4.69, 9.17) is 14.2 Å². The van der Waals surface area contributed by atoms with E-state index in [0.717, 1.165) is 0 Å². The molecule has 1 fully saturated rings. The molecule has 0 N–H and O–H groups in total. The minimum atomic E-state index is -0.533. The molecule has 4 rings (SSSR count). The van der Waals surface area contributed by atoms with E-state index in [2.05, 4.69) is 4.98 Å². The van der Waals surface area contributed by atoms with Crippen LogP contribution in [0.4, 0.5) is 10.6 Å². The maximum absolute atomic E-state index is 13.0. The van der Waals surface area contributed by atoms with Gasteiger partial charge in [-0.05, 0) is 32.9 Å². The zero-order valence-electron chi connectivity index (χ0n) is 18.1. The number of nitrogens with zero attached hydrogens (tertiary/aromatic N) is 4. The van der Waals surface area contributed by atoms with Gasteiger partial charge in [0.15, 0.2) is 23.4 Å². The molecule has 166 valence electrons. The lowest BCUT2D eigenvalue weighted by molar-refractivity contribution is 0.0240. The molecule has 1 unspecified atom stereocenters. The van der Waals surface area contributed by atoms with Crippen LogP contribution in [0, 0.1) is 0 Å². The van der Waals surface area contributed by atoms with Crippen molar-refractivity contribution >= 4 is 11.9 Å². The Morgan fingerprint density at radius 3 is 2.58 bits per heavy atom. The number of piperazine rings is 1. The molecule has 1 atom stereocenters. The van der Waals surface area contributed by atoms with Gasteiger partial charge in [0.25, 0.3) is 5.56 Å². The molecule has 31 heavy (non-hydrogen) atoms. The first kappa shape index (κ1) is 21.0. The number of fused-ring (bicyclic) bond motifs is 1. The Morgan fingerprint density at radius 1 is 1.16 bits per heavy atom. The van der Waals surface area contributed by atoms with Gasteiger partial charge < -0.3 is 28.6 Å². The number of anilines is 1. The van der Waals surface area contributed by atoms with Crippen LogP contribution in [-0.4, -0.2) is 65.0 Å². The maximum Gasteiger partial charge on any atom is 0.410 e. The monoisotopic (exact) mass is 428 g/mol. The molecule has 0 bridgehead atoms. The van der Waals surface area contributed by atoms with Crippen molar-refractivity contribution in [1.29, 1.82) is 0 Å². The van der Waals surface area contributed by atoms with Gasteiger partial charge in [0.2, 0.25) is 0 Å². The van der Waals surface area contributed by atoms with Crippen LogP contribution in [0.2, 0.25) is 0 Å². The first-order valence-electron chi connectivity index (χ1n) is 10.5. The Morgan fingerprint density at radius 2 is 1.87 bits per heavy atom. The summed E-state index contributed by atoms with van der Waals surface area (Å²) in [5, 5.41) is 0. The summed E-state index contributed by atoms with van der Waals surface area (Å²) < 4.78 is 18.8. The molecule has 0 radical (unpaired) electrons. The van der Waals surface area contributed by atoms with E-state index >= 15 is 0 Å². The van der Waals surface area contributed by atoms with Crippen molar-refractivity contribution in [3.63, 3.8) is 0 Å². The number of benzene rings is 1. The Kier molecular flexibility index (Phi) is 5.75. The zero-order valence-corrected chi connectivity index (χ0v) is 18.1. The molecule has 3 heterocycles. The molecular weight excluding hydrogens is 400 g/mol. The number of hydrogen-bond donors (Lipinski definition) is 0. The molecule has 1 aromatic carbocycles. The third-order valence-corrected chi connectivity index (χ3v) is 5.09. The van der Waals surface area contributed by atoms with E-state index in [1.165, 1.54) is 0 Å². The first-order valence-corrected chi connectivity index (χ1v) is 10.5. The molecule has 2 aliphatic rings. The van der Waals surface area contributed by atoms with E-state index < -0.39 is 5.60 Å². The summed E-state index contributed by atoms with van der Waals surface area (Å²) in [6.45, 7) is 8.24. The van der Waals surface area contributed by atoms with Gasteiger partial charge in [-0.1, -0.05) is 12.1 Å². The summed E-state index contributed by atoms with van der Waals surface area (Å²) in [5.74, 6) is 1.77. The fraction of sp³-hybridized carbons (Fsp3) is 0.500. The highest BCUT2D eigenvalue weighted by molar-refractivity contribution is 5.68. The van der Waals surface area contributed by atoms with Crippen LogP contribution >= 0.6 is 0 Å². The number of carbonyl (C=O) groups is 1. The highest BCUT2D eigenvalue weighted by Crippen LogP contribution is 2.31. The number of aromatic nitrogens is 2. The van der Waals surface area contributed by atoms with Gasteiger partial charge in [-0.15, -0.1) is 0 Å². The Balaban J connectivity index is 1.40. The second-order valence-electron chi connectivity index (χ2n) is 8.66. The van der Waals surface area contributed by atoms with Crippen LogP contribution in [0.1, 0.15) is 20.8 Å². The van der Waals surface area contributed by atoms with Crippen molar-refractivity contribution in [2.75, 3.05) is 37.7 Å². The van der Waals surface area contributed by atoms with Crippen molar-refractivity contribution in [1.82, 2.24) is 14.5 Å². The smallest absolute Gasteiger partial charge is 0.410 e. The fourth-order valence-corrected chi connectivity index (χ4v) is 3.60. The van der Waals surface area contributed by atoms with Gasteiger partial charge in [-0.25, -0.2) is 9.78 Å². The Labute approximate surface area is 181 Å². The van der Waals surface area contributed by atoms with Gasteiger partial charge in [-0.3, -0.25) is 4.79 Å². The van der Waals surface area contributed by atoms with Crippen molar-refractivity contribution in [3.05, 3.63) is 47.0 Å². The highest BCUT2D eigenvalue weighted by atomic mass is 16.6. The lowest BCUT2D eigenvalue weighted by Crippen LogP contribution is -2.51. The van der Waals surface area contributed by atoms with E-state index in [9.17, 15) is 9.59 Å². The van der Waals surface area contributed by atoms with Crippen LogP contribution in [0.15, 0.2) is 41.5 Å². The molecule has 0 aliphatic carbocycles. The minimum Gasteiger partial charge on any atom is -0.486 e. The fourth-order valence-electron chi connectivity index (χ4n) is 3.60. The molecule has 0 spiro atoms. The number of carbonyl (C=O) groups excluding carboxylic acids is 1.